The summed E-state index contributed by atoms with van der Waals surface area (Å²) in [6.07, 6.45) is 0.920. The minimum absolute atomic E-state index is 0.195. The summed E-state index contributed by atoms with van der Waals surface area (Å²) in [7, 11) is 2.34. The fourth-order valence-corrected chi connectivity index (χ4v) is 1.56. The zero-order chi connectivity index (χ0) is 17.4. The van der Waals surface area contributed by atoms with Gasteiger partial charge in [0, 0.05) is 6.07 Å². The monoisotopic (exact) mass is 325 g/mol. The second-order valence-corrected chi connectivity index (χ2v) is 5.04. The smallest absolute Gasteiger partial charge is 0.354 e. The molecule has 0 saturated heterocycles. The van der Waals surface area contributed by atoms with Gasteiger partial charge in [0.1, 0.15) is 17.3 Å². The molecule has 0 radical (unpaired) electrons. The van der Waals surface area contributed by atoms with E-state index in [1.54, 1.807) is 0 Å². The van der Waals surface area contributed by atoms with E-state index in [1.807, 2.05) is 13.8 Å². The number of methoxy groups -OCH3 is 2. The molecular weight excluding hydrogens is 305 g/mol. The first kappa shape index (κ1) is 18.5. The maximum absolute atomic E-state index is 13.5. The van der Waals surface area contributed by atoms with Crippen LogP contribution in [-0.2, 0) is 19.1 Å². The molecule has 1 aromatic rings. The van der Waals surface area contributed by atoms with Crippen LogP contribution in [0, 0.1) is 11.7 Å². The van der Waals surface area contributed by atoms with Gasteiger partial charge in [0.2, 0.25) is 0 Å². The number of benzene rings is 1. The molecule has 0 aliphatic heterocycles. The van der Waals surface area contributed by atoms with Crippen LogP contribution in [0.4, 0.5) is 10.1 Å². The minimum atomic E-state index is -0.797. The lowest BCUT2D eigenvalue weighted by Crippen LogP contribution is -2.16. The minimum Gasteiger partial charge on any atom is -0.491 e. The molecule has 0 bridgehead atoms. The van der Waals surface area contributed by atoms with E-state index in [0.29, 0.717) is 12.4 Å². The van der Waals surface area contributed by atoms with Crippen molar-refractivity contribution in [3.8, 4) is 5.75 Å². The molecule has 0 unspecified atom stereocenters. The van der Waals surface area contributed by atoms with E-state index in [2.05, 4.69) is 14.8 Å². The summed E-state index contributed by atoms with van der Waals surface area (Å²) < 4.78 is 28.1. The lowest BCUT2D eigenvalue weighted by molar-refractivity contribution is -0.138. The number of rotatable bonds is 7. The number of hydrogen-bond acceptors (Lipinski definition) is 6. The zero-order valence-corrected chi connectivity index (χ0v) is 13.5. The number of carbonyl (C=O) groups is 2. The van der Waals surface area contributed by atoms with Crippen LogP contribution in [0.5, 0.6) is 5.75 Å². The van der Waals surface area contributed by atoms with Gasteiger partial charge in [-0.25, -0.2) is 14.0 Å². The van der Waals surface area contributed by atoms with Crippen molar-refractivity contribution >= 4 is 17.6 Å². The van der Waals surface area contributed by atoms with Crippen LogP contribution in [0.1, 0.15) is 13.8 Å². The Balaban J connectivity index is 3.11. The van der Waals surface area contributed by atoms with Crippen molar-refractivity contribution in [3.63, 3.8) is 0 Å². The van der Waals surface area contributed by atoms with Gasteiger partial charge in [-0.3, -0.25) is 0 Å². The molecule has 1 aromatic carbocycles. The molecule has 23 heavy (non-hydrogen) atoms. The average Bonchev–Trinajstić information content (AvgIpc) is 2.52. The molecule has 6 nitrogen and oxygen atoms in total. The molecule has 0 aliphatic carbocycles. The van der Waals surface area contributed by atoms with Gasteiger partial charge in [0.25, 0.3) is 0 Å². The molecule has 126 valence electrons. The Labute approximate surface area is 134 Å². The van der Waals surface area contributed by atoms with Gasteiger partial charge >= 0.3 is 11.9 Å². The summed E-state index contributed by atoms with van der Waals surface area (Å²) in [5, 5.41) is 2.65. The van der Waals surface area contributed by atoms with Crippen LogP contribution < -0.4 is 10.1 Å². The number of esters is 2. The van der Waals surface area contributed by atoms with E-state index in [0.717, 1.165) is 19.3 Å². The quantitative estimate of drug-likeness (QED) is 0.613. The third kappa shape index (κ3) is 5.98. The number of carbonyl (C=O) groups excluding carboxylic acids is 2. The Kier molecular flexibility index (Phi) is 7.05. The van der Waals surface area contributed by atoms with E-state index >= 15 is 0 Å². The molecular formula is C16H20FNO5. The molecule has 0 heterocycles. The van der Waals surface area contributed by atoms with Gasteiger partial charge < -0.3 is 19.5 Å². The van der Waals surface area contributed by atoms with Crippen LogP contribution in [0.25, 0.3) is 0 Å². The van der Waals surface area contributed by atoms with Gasteiger partial charge in [-0.05, 0) is 18.1 Å². The lowest BCUT2D eigenvalue weighted by atomic mass is 10.2. The van der Waals surface area contributed by atoms with Gasteiger partial charge in [0.05, 0.1) is 32.6 Å². The maximum Gasteiger partial charge on any atom is 0.354 e. The predicted molar refractivity (Wildman–Crippen MR) is 82.5 cm³/mol. The molecule has 0 aliphatic rings. The van der Waals surface area contributed by atoms with Crippen molar-refractivity contribution < 1.29 is 28.2 Å². The van der Waals surface area contributed by atoms with E-state index in [1.165, 1.54) is 19.2 Å². The molecule has 1 N–H and O–H groups in total. The summed E-state index contributed by atoms with van der Waals surface area (Å²) in [5.41, 5.74) is 0.00514. The highest BCUT2D eigenvalue weighted by Crippen LogP contribution is 2.27. The largest absolute Gasteiger partial charge is 0.491 e. The summed E-state index contributed by atoms with van der Waals surface area (Å²) in [6.45, 7) is 4.34. The van der Waals surface area contributed by atoms with Crippen LogP contribution in [0.15, 0.2) is 30.0 Å². The number of hydrogen-bond donors (Lipinski definition) is 1. The first-order valence-electron chi connectivity index (χ1n) is 6.94. The van der Waals surface area contributed by atoms with Crippen LogP contribution in [-0.4, -0.2) is 32.8 Å². The van der Waals surface area contributed by atoms with Crippen molar-refractivity contribution in [1.82, 2.24) is 0 Å². The fourth-order valence-electron chi connectivity index (χ4n) is 1.56. The summed E-state index contributed by atoms with van der Waals surface area (Å²) >= 11 is 0. The van der Waals surface area contributed by atoms with Crippen molar-refractivity contribution in [3.05, 3.63) is 35.8 Å². The number of anilines is 1. The second kappa shape index (κ2) is 8.77. The molecule has 0 saturated carbocycles. The first-order chi connectivity index (χ1) is 10.9. The first-order valence-corrected chi connectivity index (χ1v) is 6.94. The van der Waals surface area contributed by atoms with Gasteiger partial charge in [-0.15, -0.1) is 0 Å². The van der Waals surface area contributed by atoms with Crippen molar-refractivity contribution in [2.75, 3.05) is 26.1 Å². The van der Waals surface area contributed by atoms with Gasteiger partial charge in [0.15, 0.2) is 0 Å². The number of halogens is 1. The summed E-state index contributed by atoms with van der Waals surface area (Å²) in [6, 6.07) is 3.83. The lowest BCUT2D eigenvalue weighted by Gasteiger charge is -2.15. The average molecular weight is 325 g/mol. The Hall–Kier alpha value is -2.57. The Bertz CT molecular complexity index is 598. The molecule has 0 aromatic heterocycles. The van der Waals surface area contributed by atoms with Crippen LogP contribution >= 0.6 is 0 Å². The topological polar surface area (TPSA) is 73.9 Å². The Morgan fingerprint density at radius 3 is 2.52 bits per heavy atom. The zero-order valence-electron chi connectivity index (χ0n) is 13.5. The molecule has 0 atom stereocenters. The van der Waals surface area contributed by atoms with Gasteiger partial charge in [-0.1, -0.05) is 13.8 Å². The molecule has 0 amide bonds. The van der Waals surface area contributed by atoms with E-state index in [9.17, 15) is 14.0 Å². The third-order valence-corrected chi connectivity index (χ3v) is 2.65. The fraction of sp³-hybridized carbons (Fsp3) is 0.375. The predicted octanol–water partition coefficient (Wildman–Crippen LogP) is 2.50. The highest BCUT2D eigenvalue weighted by Gasteiger charge is 2.16. The van der Waals surface area contributed by atoms with E-state index in [4.69, 9.17) is 4.74 Å². The summed E-state index contributed by atoms with van der Waals surface area (Å²) in [4.78, 5) is 23.1. The second-order valence-electron chi connectivity index (χ2n) is 5.04. The molecule has 0 fully saturated rings. The Morgan fingerprint density at radius 1 is 1.26 bits per heavy atom. The summed E-state index contributed by atoms with van der Waals surface area (Å²) in [5.74, 6) is -1.46. The third-order valence-electron chi connectivity index (χ3n) is 2.65. The number of nitrogens with one attached hydrogen (secondary N) is 1. The molecule has 1 rings (SSSR count). The highest BCUT2D eigenvalue weighted by atomic mass is 19.1. The van der Waals surface area contributed by atoms with Gasteiger partial charge in [-0.2, -0.15) is 0 Å². The van der Waals surface area contributed by atoms with E-state index in [-0.39, 0.29) is 17.3 Å². The van der Waals surface area contributed by atoms with Crippen molar-refractivity contribution in [1.29, 1.82) is 0 Å². The van der Waals surface area contributed by atoms with Crippen molar-refractivity contribution in [2.45, 2.75) is 13.8 Å². The number of ether oxygens (including phenoxy) is 3. The highest BCUT2D eigenvalue weighted by molar-refractivity contribution is 5.99. The Morgan fingerprint density at radius 2 is 1.96 bits per heavy atom. The SMILES string of the molecule is COC(=O)/C=C(/Nc1cc(F)ccc1OCC(C)C)C(=O)OC. The normalized spacial score (nSPS) is 11.1. The molecule has 0 spiro atoms. The molecule has 7 heteroatoms. The maximum atomic E-state index is 13.5. The van der Waals surface area contributed by atoms with Crippen LogP contribution in [0.2, 0.25) is 0 Å². The van der Waals surface area contributed by atoms with Crippen molar-refractivity contribution in [2.24, 2.45) is 5.92 Å². The van der Waals surface area contributed by atoms with Crippen LogP contribution in [0.3, 0.4) is 0 Å². The standard InChI is InChI=1S/C16H20FNO5/c1-10(2)9-23-14-6-5-11(17)7-12(14)18-13(16(20)22-4)8-15(19)21-3/h5-8,10,18H,9H2,1-4H3/b13-8+. The van der Waals surface area contributed by atoms with E-state index < -0.39 is 17.8 Å².